The van der Waals surface area contributed by atoms with Gasteiger partial charge in [0, 0.05) is 29.6 Å². The zero-order valence-electron chi connectivity index (χ0n) is 13.7. The zero-order chi connectivity index (χ0) is 17.3. The molecule has 23 heavy (non-hydrogen) atoms. The van der Waals surface area contributed by atoms with Gasteiger partial charge in [-0.05, 0) is 57.9 Å². The standard InChI is InChI=1S/C16H23ClN2O3S/c1-16(2,3)18-15(20)12-8-10-19(11-9-12)23(21,22)14-6-4-13(17)5-7-14/h4-7,12H,8-11H2,1-3H3,(H,18,20). The van der Waals surface area contributed by atoms with E-state index in [1.165, 1.54) is 16.4 Å². The van der Waals surface area contributed by atoms with Gasteiger partial charge in [0.05, 0.1) is 4.90 Å². The van der Waals surface area contributed by atoms with E-state index >= 15 is 0 Å². The van der Waals surface area contributed by atoms with Gasteiger partial charge in [-0.2, -0.15) is 4.31 Å². The van der Waals surface area contributed by atoms with E-state index in [1.54, 1.807) is 12.1 Å². The van der Waals surface area contributed by atoms with Gasteiger partial charge in [-0.3, -0.25) is 4.79 Å². The lowest BCUT2D eigenvalue weighted by atomic mass is 9.96. The highest BCUT2D eigenvalue weighted by atomic mass is 35.5. The maximum absolute atomic E-state index is 12.6. The molecule has 2 rings (SSSR count). The minimum Gasteiger partial charge on any atom is -0.351 e. The first-order valence-electron chi connectivity index (χ1n) is 7.67. The number of nitrogens with one attached hydrogen (secondary N) is 1. The molecule has 0 unspecified atom stereocenters. The Bertz CT molecular complexity index is 658. The Kier molecular flexibility index (Phi) is 5.38. The highest BCUT2D eigenvalue weighted by Gasteiger charge is 2.32. The van der Waals surface area contributed by atoms with Gasteiger partial charge in [0.15, 0.2) is 0 Å². The molecule has 1 aromatic carbocycles. The third-order valence-corrected chi connectivity index (χ3v) is 5.94. The number of hydrogen-bond donors (Lipinski definition) is 1. The Balaban J connectivity index is 2.01. The number of carbonyl (C=O) groups excluding carboxylic acids is 1. The molecule has 5 nitrogen and oxygen atoms in total. The monoisotopic (exact) mass is 358 g/mol. The lowest BCUT2D eigenvalue weighted by Gasteiger charge is -2.32. The summed E-state index contributed by atoms with van der Waals surface area (Å²) in [6.07, 6.45) is 1.07. The summed E-state index contributed by atoms with van der Waals surface area (Å²) in [6.45, 7) is 6.52. The van der Waals surface area contributed by atoms with Crippen molar-refractivity contribution in [3.8, 4) is 0 Å². The molecule has 7 heteroatoms. The minimum absolute atomic E-state index is 0.000964. The third-order valence-electron chi connectivity index (χ3n) is 3.77. The molecule has 1 saturated heterocycles. The Hall–Kier alpha value is -1.11. The molecule has 0 aliphatic carbocycles. The summed E-state index contributed by atoms with van der Waals surface area (Å²) in [5, 5.41) is 3.46. The van der Waals surface area contributed by atoms with Crippen molar-refractivity contribution in [1.29, 1.82) is 0 Å². The van der Waals surface area contributed by atoms with Crippen molar-refractivity contribution in [2.75, 3.05) is 13.1 Å². The van der Waals surface area contributed by atoms with Gasteiger partial charge in [-0.25, -0.2) is 8.42 Å². The number of rotatable bonds is 3. The summed E-state index contributed by atoms with van der Waals surface area (Å²) >= 11 is 5.80. The minimum atomic E-state index is -3.52. The Morgan fingerprint density at radius 1 is 1.17 bits per heavy atom. The third kappa shape index (κ3) is 4.68. The molecule has 1 N–H and O–H groups in total. The van der Waals surface area contributed by atoms with Crippen molar-refractivity contribution in [1.82, 2.24) is 9.62 Å². The number of benzene rings is 1. The average Bonchev–Trinajstić information content (AvgIpc) is 2.46. The fourth-order valence-electron chi connectivity index (χ4n) is 2.59. The normalized spacial score (nSPS) is 17.9. The molecule has 128 valence electrons. The second kappa shape index (κ2) is 6.79. The molecule has 1 heterocycles. The van der Waals surface area contributed by atoms with Crippen LogP contribution in [-0.4, -0.2) is 37.3 Å². The summed E-state index contributed by atoms with van der Waals surface area (Å²) < 4.78 is 26.6. The van der Waals surface area contributed by atoms with Crippen LogP contribution in [0.3, 0.4) is 0 Å². The molecule has 0 radical (unpaired) electrons. The highest BCUT2D eigenvalue weighted by molar-refractivity contribution is 7.89. The number of piperidine rings is 1. The van der Waals surface area contributed by atoms with Crippen LogP contribution in [0.2, 0.25) is 5.02 Å². The summed E-state index contributed by atoms with van der Waals surface area (Å²) in [4.78, 5) is 12.4. The van der Waals surface area contributed by atoms with E-state index < -0.39 is 10.0 Å². The fourth-order valence-corrected chi connectivity index (χ4v) is 4.18. The Labute approximate surface area is 143 Å². The van der Waals surface area contributed by atoms with Crippen LogP contribution >= 0.6 is 11.6 Å². The molecule has 1 aliphatic rings. The fraction of sp³-hybridized carbons (Fsp3) is 0.562. The first kappa shape index (κ1) is 18.2. The number of nitrogens with zero attached hydrogens (tertiary/aromatic N) is 1. The van der Waals surface area contributed by atoms with Crippen LogP contribution in [0, 0.1) is 5.92 Å². The van der Waals surface area contributed by atoms with E-state index in [-0.39, 0.29) is 22.3 Å². The summed E-state index contributed by atoms with van der Waals surface area (Å²) in [5.74, 6) is -0.132. The second-order valence-electron chi connectivity index (χ2n) is 6.87. The van der Waals surface area contributed by atoms with Crippen molar-refractivity contribution in [3.05, 3.63) is 29.3 Å². The van der Waals surface area contributed by atoms with Gasteiger partial charge in [-0.1, -0.05) is 11.6 Å². The lowest BCUT2D eigenvalue weighted by Crippen LogP contribution is -2.47. The van der Waals surface area contributed by atoms with Crippen molar-refractivity contribution in [3.63, 3.8) is 0 Å². The Morgan fingerprint density at radius 3 is 2.17 bits per heavy atom. The maximum Gasteiger partial charge on any atom is 0.243 e. The molecule has 1 amide bonds. The summed E-state index contributed by atoms with van der Waals surface area (Å²) in [7, 11) is -3.52. The van der Waals surface area contributed by atoms with Crippen LogP contribution in [0.4, 0.5) is 0 Å². The molecule has 1 fully saturated rings. The number of halogens is 1. The van der Waals surface area contributed by atoms with Crippen molar-refractivity contribution in [2.45, 2.75) is 44.0 Å². The van der Waals surface area contributed by atoms with Gasteiger partial charge in [-0.15, -0.1) is 0 Å². The predicted octanol–water partition coefficient (Wildman–Crippen LogP) is 2.66. The largest absolute Gasteiger partial charge is 0.351 e. The highest BCUT2D eigenvalue weighted by Crippen LogP contribution is 2.25. The quantitative estimate of drug-likeness (QED) is 0.903. The molecule has 0 spiro atoms. The van der Waals surface area contributed by atoms with Crippen LogP contribution in [0.5, 0.6) is 0 Å². The average molecular weight is 359 g/mol. The molecular weight excluding hydrogens is 336 g/mol. The second-order valence-corrected chi connectivity index (χ2v) is 9.25. The molecule has 0 aromatic heterocycles. The van der Waals surface area contributed by atoms with E-state index in [0.717, 1.165) is 0 Å². The summed E-state index contributed by atoms with van der Waals surface area (Å²) in [6, 6.07) is 6.15. The number of sulfonamides is 1. The lowest BCUT2D eigenvalue weighted by molar-refractivity contribution is -0.127. The predicted molar refractivity (Wildman–Crippen MR) is 90.8 cm³/mol. The van der Waals surface area contributed by atoms with Crippen LogP contribution < -0.4 is 5.32 Å². The Morgan fingerprint density at radius 2 is 1.70 bits per heavy atom. The van der Waals surface area contributed by atoms with Crippen LogP contribution in [0.25, 0.3) is 0 Å². The molecule has 0 atom stereocenters. The molecule has 0 bridgehead atoms. The molecule has 0 saturated carbocycles. The zero-order valence-corrected chi connectivity index (χ0v) is 15.2. The van der Waals surface area contributed by atoms with E-state index in [1.807, 2.05) is 20.8 Å². The van der Waals surface area contributed by atoms with Crippen molar-refractivity contribution >= 4 is 27.5 Å². The first-order chi connectivity index (χ1) is 10.6. The van der Waals surface area contributed by atoms with Crippen LogP contribution in [0.1, 0.15) is 33.6 Å². The van der Waals surface area contributed by atoms with Crippen molar-refractivity contribution in [2.24, 2.45) is 5.92 Å². The van der Waals surface area contributed by atoms with Gasteiger partial charge >= 0.3 is 0 Å². The number of carbonyl (C=O) groups is 1. The SMILES string of the molecule is CC(C)(C)NC(=O)C1CCN(S(=O)(=O)c2ccc(Cl)cc2)CC1. The van der Waals surface area contributed by atoms with E-state index in [4.69, 9.17) is 11.6 Å². The molecule has 1 aliphatic heterocycles. The van der Waals surface area contributed by atoms with Crippen LogP contribution in [0.15, 0.2) is 29.2 Å². The van der Waals surface area contributed by atoms with Gasteiger partial charge < -0.3 is 5.32 Å². The van der Waals surface area contributed by atoms with Crippen LogP contribution in [-0.2, 0) is 14.8 Å². The number of amides is 1. The van der Waals surface area contributed by atoms with Gasteiger partial charge in [0.25, 0.3) is 0 Å². The van der Waals surface area contributed by atoms with E-state index in [2.05, 4.69) is 5.32 Å². The molecular formula is C16H23ClN2O3S. The van der Waals surface area contributed by atoms with E-state index in [0.29, 0.717) is 31.0 Å². The van der Waals surface area contributed by atoms with Gasteiger partial charge in [0.2, 0.25) is 15.9 Å². The van der Waals surface area contributed by atoms with E-state index in [9.17, 15) is 13.2 Å². The van der Waals surface area contributed by atoms with Gasteiger partial charge in [0.1, 0.15) is 0 Å². The maximum atomic E-state index is 12.6. The topological polar surface area (TPSA) is 66.5 Å². The summed E-state index contributed by atoms with van der Waals surface area (Å²) in [5.41, 5.74) is -0.274. The van der Waals surface area contributed by atoms with Crippen molar-refractivity contribution < 1.29 is 13.2 Å². The number of hydrogen-bond acceptors (Lipinski definition) is 3. The smallest absolute Gasteiger partial charge is 0.243 e. The molecule has 1 aromatic rings. The first-order valence-corrected chi connectivity index (χ1v) is 9.49.